The molecule has 0 spiro atoms. The highest BCUT2D eigenvalue weighted by Crippen LogP contribution is 2.23. The van der Waals surface area contributed by atoms with Gasteiger partial charge in [-0.2, -0.15) is 0 Å². The largest absolute Gasteiger partial charge is 0.327 e. The topological polar surface area (TPSA) is 42.2 Å². The fraction of sp³-hybridized carbons (Fsp3) is 0.786. The summed E-state index contributed by atoms with van der Waals surface area (Å²) in [6.07, 6.45) is 6.52. The molecule has 2 rings (SSSR count). The highest BCUT2D eigenvalue weighted by atomic mass is 32.1. The minimum Gasteiger partial charge on any atom is -0.327 e. The molecule has 3 nitrogen and oxygen atoms in total. The van der Waals surface area contributed by atoms with Gasteiger partial charge in [0.2, 0.25) is 0 Å². The van der Waals surface area contributed by atoms with Crippen LogP contribution in [0.2, 0.25) is 0 Å². The number of nitrogens with zero attached hydrogens (tertiary/aromatic N) is 2. The van der Waals surface area contributed by atoms with E-state index in [9.17, 15) is 0 Å². The number of nitrogens with two attached hydrogens (primary N) is 1. The Bertz CT molecular complexity index is 364. The summed E-state index contributed by atoms with van der Waals surface area (Å²) in [6, 6.07) is 0.395. The van der Waals surface area contributed by atoms with Crippen molar-refractivity contribution in [3.63, 3.8) is 0 Å². The van der Waals surface area contributed by atoms with Gasteiger partial charge in [-0.3, -0.25) is 0 Å². The van der Waals surface area contributed by atoms with E-state index in [0.29, 0.717) is 12.0 Å². The van der Waals surface area contributed by atoms with Crippen LogP contribution in [-0.2, 0) is 6.54 Å². The Morgan fingerprint density at radius 3 is 2.89 bits per heavy atom. The lowest BCUT2D eigenvalue weighted by atomic mass is 9.95. The number of hydrogen-bond donors (Lipinski definition) is 1. The Balaban J connectivity index is 1.84. The van der Waals surface area contributed by atoms with Crippen LogP contribution in [-0.4, -0.2) is 29.5 Å². The van der Waals surface area contributed by atoms with Crippen LogP contribution in [0.4, 0.5) is 0 Å². The maximum absolute atomic E-state index is 6.28. The summed E-state index contributed by atoms with van der Waals surface area (Å²) in [4.78, 5) is 6.91. The molecule has 0 aliphatic heterocycles. The fourth-order valence-electron chi connectivity index (χ4n) is 2.86. The average molecular weight is 267 g/mol. The third-order valence-corrected chi connectivity index (χ3v) is 4.68. The number of aryl methyl sites for hydroxylation is 1. The van der Waals surface area contributed by atoms with E-state index in [1.54, 1.807) is 11.3 Å². The first kappa shape index (κ1) is 14.0. The van der Waals surface area contributed by atoms with E-state index in [-0.39, 0.29) is 0 Å². The van der Waals surface area contributed by atoms with Crippen LogP contribution >= 0.6 is 11.3 Å². The molecule has 4 heteroatoms. The first-order valence-corrected chi connectivity index (χ1v) is 7.88. The quantitative estimate of drug-likeness (QED) is 0.853. The Morgan fingerprint density at radius 1 is 1.39 bits per heavy atom. The second-order valence-corrected chi connectivity index (χ2v) is 6.68. The number of rotatable bonds is 4. The van der Waals surface area contributed by atoms with Gasteiger partial charge in [-0.1, -0.05) is 19.3 Å². The first-order valence-electron chi connectivity index (χ1n) is 7.00. The van der Waals surface area contributed by atoms with Crippen molar-refractivity contribution < 1.29 is 0 Å². The Hall–Kier alpha value is -0.450. The van der Waals surface area contributed by atoms with Crippen molar-refractivity contribution in [2.75, 3.05) is 13.6 Å². The molecule has 102 valence electrons. The average Bonchev–Trinajstić information content (AvgIpc) is 2.61. The SMILES string of the molecule is Cc1nc(CN(C)CC2CCCCCC2N)cs1. The zero-order chi connectivity index (χ0) is 13.0. The van der Waals surface area contributed by atoms with Crippen LogP contribution in [0.3, 0.4) is 0 Å². The number of thiazole rings is 1. The van der Waals surface area contributed by atoms with E-state index in [2.05, 4.69) is 29.2 Å². The molecule has 0 aromatic carbocycles. The molecule has 0 radical (unpaired) electrons. The molecule has 1 aliphatic rings. The molecule has 1 saturated carbocycles. The highest BCUT2D eigenvalue weighted by Gasteiger charge is 2.21. The van der Waals surface area contributed by atoms with Gasteiger partial charge in [0.25, 0.3) is 0 Å². The highest BCUT2D eigenvalue weighted by molar-refractivity contribution is 7.09. The van der Waals surface area contributed by atoms with Gasteiger partial charge in [0.15, 0.2) is 0 Å². The third-order valence-electron chi connectivity index (χ3n) is 3.86. The second kappa shape index (κ2) is 6.64. The minimum atomic E-state index is 0.395. The van der Waals surface area contributed by atoms with Crippen molar-refractivity contribution in [1.82, 2.24) is 9.88 Å². The summed E-state index contributed by atoms with van der Waals surface area (Å²) in [6.45, 7) is 4.13. The van der Waals surface area contributed by atoms with Crippen molar-refractivity contribution in [1.29, 1.82) is 0 Å². The molecule has 2 N–H and O–H groups in total. The lowest BCUT2D eigenvalue weighted by Crippen LogP contribution is -2.37. The van der Waals surface area contributed by atoms with E-state index in [0.717, 1.165) is 18.1 Å². The molecule has 18 heavy (non-hydrogen) atoms. The van der Waals surface area contributed by atoms with Gasteiger partial charge in [0.05, 0.1) is 10.7 Å². The van der Waals surface area contributed by atoms with Crippen LogP contribution in [0.1, 0.15) is 42.8 Å². The standard InChI is InChI=1S/C14H25N3S/c1-11-16-13(10-18-11)9-17(2)8-12-6-4-3-5-7-14(12)15/h10,12,14H,3-9,15H2,1-2H3. The Kier molecular flexibility index (Phi) is 5.15. The van der Waals surface area contributed by atoms with Gasteiger partial charge in [-0.15, -0.1) is 11.3 Å². The fourth-order valence-corrected chi connectivity index (χ4v) is 3.47. The van der Waals surface area contributed by atoms with Gasteiger partial charge in [0.1, 0.15) is 0 Å². The van der Waals surface area contributed by atoms with E-state index in [1.165, 1.54) is 37.8 Å². The molecule has 0 saturated heterocycles. The molecular weight excluding hydrogens is 242 g/mol. The van der Waals surface area contributed by atoms with Crippen LogP contribution in [0, 0.1) is 12.8 Å². The maximum Gasteiger partial charge on any atom is 0.0897 e. The van der Waals surface area contributed by atoms with Crippen LogP contribution in [0.5, 0.6) is 0 Å². The molecule has 0 amide bonds. The summed E-state index contributed by atoms with van der Waals surface area (Å²) in [7, 11) is 2.19. The molecular formula is C14H25N3S. The van der Waals surface area contributed by atoms with Crippen LogP contribution in [0.15, 0.2) is 5.38 Å². The van der Waals surface area contributed by atoms with Gasteiger partial charge in [0, 0.05) is 24.5 Å². The summed E-state index contributed by atoms with van der Waals surface area (Å²) in [5.41, 5.74) is 7.48. The predicted molar refractivity (Wildman–Crippen MR) is 77.7 cm³/mol. The van der Waals surface area contributed by atoms with Crippen molar-refractivity contribution >= 4 is 11.3 Å². The van der Waals surface area contributed by atoms with Gasteiger partial charge in [-0.05, 0) is 32.7 Å². The molecule has 1 heterocycles. The summed E-state index contributed by atoms with van der Waals surface area (Å²) in [5.74, 6) is 0.664. The molecule has 1 aromatic rings. The van der Waals surface area contributed by atoms with Crippen molar-refractivity contribution in [2.24, 2.45) is 11.7 Å². The molecule has 1 aromatic heterocycles. The lowest BCUT2D eigenvalue weighted by molar-refractivity contribution is 0.235. The minimum absolute atomic E-state index is 0.395. The van der Waals surface area contributed by atoms with E-state index < -0.39 is 0 Å². The van der Waals surface area contributed by atoms with Crippen molar-refractivity contribution in [3.05, 3.63) is 16.1 Å². The first-order chi connectivity index (χ1) is 8.65. The smallest absolute Gasteiger partial charge is 0.0897 e. The van der Waals surface area contributed by atoms with Crippen LogP contribution in [0.25, 0.3) is 0 Å². The van der Waals surface area contributed by atoms with Crippen molar-refractivity contribution in [3.8, 4) is 0 Å². The maximum atomic E-state index is 6.28. The lowest BCUT2D eigenvalue weighted by Gasteiger charge is -2.26. The molecule has 1 fully saturated rings. The molecule has 1 aliphatic carbocycles. The van der Waals surface area contributed by atoms with Gasteiger partial charge >= 0.3 is 0 Å². The summed E-state index contributed by atoms with van der Waals surface area (Å²) >= 11 is 1.73. The Labute approximate surface area is 114 Å². The monoisotopic (exact) mass is 267 g/mol. The zero-order valence-corrected chi connectivity index (χ0v) is 12.4. The molecule has 2 atom stereocenters. The molecule has 0 bridgehead atoms. The number of aromatic nitrogens is 1. The zero-order valence-electron chi connectivity index (χ0n) is 11.6. The summed E-state index contributed by atoms with van der Waals surface area (Å²) < 4.78 is 0. The van der Waals surface area contributed by atoms with Crippen LogP contribution < -0.4 is 5.73 Å². The second-order valence-electron chi connectivity index (χ2n) is 5.62. The van der Waals surface area contributed by atoms with Gasteiger partial charge in [-0.25, -0.2) is 4.98 Å². The van der Waals surface area contributed by atoms with E-state index in [4.69, 9.17) is 5.73 Å². The van der Waals surface area contributed by atoms with Gasteiger partial charge < -0.3 is 10.6 Å². The Morgan fingerprint density at radius 2 is 2.17 bits per heavy atom. The van der Waals surface area contributed by atoms with E-state index in [1.807, 2.05) is 0 Å². The third kappa shape index (κ3) is 4.04. The normalized spacial score (nSPS) is 25.3. The van der Waals surface area contributed by atoms with E-state index >= 15 is 0 Å². The predicted octanol–water partition coefficient (Wildman–Crippen LogP) is 2.79. The number of hydrogen-bond acceptors (Lipinski definition) is 4. The summed E-state index contributed by atoms with van der Waals surface area (Å²) in [5, 5.41) is 3.32. The molecule has 2 unspecified atom stereocenters. The van der Waals surface area contributed by atoms with Crippen molar-refractivity contribution in [2.45, 2.75) is 51.6 Å².